The van der Waals surface area contributed by atoms with E-state index < -0.39 is 0 Å². The third-order valence-corrected chi connectivity index (χ3v) is 5.04. The van der Waals surface area contributed by atoms with E-state index in [9.17, 15) is 9.18 Å². The molecule has 0 spiro atoms. The molecular formula is C19H16FN3OS. The van der Waals surface area contributed by atoms with Gasteiger partial charge in [-0.05, 0) is 37.1 Å². The highest BCUT2D eigenvalue weighted by molar-refractivity contribution is 8.00. The number of hydrogen-bond donors (Lipinski definition) is 1. The van der Waals surface area contributed by atoms with Crippen LogP contribution in [0.15, 0.2) is 53.6 Å². The minimum absolute atomic E-state index is 0.0287. The van der Waals surface area contributed by atoms with Crippen LogP contribution in [0.25, 0.3) is 22.0 Å². The first-order valence-corrected chi connectivity index (χ1v) is 9.13. The van der Waals surface area contributed by atoms with Gasteiger partial charge in [-0.1, -0.05) is 36.0 Å². The average Bonchev–Trinajstić information content (AvgIpc) is 3.44. The van der Waals surface area contributed by atoms with Crippen molar-refractivity contribution in [2.24, 2.45) is 0 Å². The lowest BCUT2D eigenvalue weighted by atomic mass is 10.1. The van der Waals surface area contributed by atoms with Gasteiger partial charge in [0, 0.05) is 22.4 Å². The number of fused-ring (bicyclic) bond motifs is 1. The Labute approximate surface area is 148 Å². The summed E-state index contributed by atoms with van der Waals surface area (Å²) in [4.78, 5) is 11.9. The van der Waals surface area contributed by atoms with E-state index in [2.05, 4.69) is 15.5 Å². The second-order valence-electron chi connectivity index (χ2n) is 6.04. The Hall–Kier alpha value is -2.47. The maximum Gasteiger partial charge on any atom is 0.230 e. The van der Waals surface area contributed by atoms with Crippen LogP contribution < -0.4 is 5.32 Å². The summed E-state index contributed by atoms with van der Waals surface area (Å²) in [6, 6.07) is 14.4. The molecule has 0 bridgehead atoms. The molecule has 1 fully saturated rings. The van der Waals surface area contributed by atoms with E-state index in [-0.39, 0.29) is 11.7 Å². The summed E-state index contributed by atoms with van der Waals surface area (Å²) in [6.45, 7) is 0. The van der Waals surface area contributed by atoms with Gasteiger partial charge in [-0.2, -0.15) is 0 Å². The molecule has 1 heterocycles. The Morgan fingerprint density at radius 1 is 1.08 bits per heavy atom. The fourth-order valence-electron chi connectivity index (χ4n) is 2.64. The van der Waals surface area contributed by atoms with Crippen molar-refractivity contribution in [1.29, 1.82) is 0 Å². The van der Waals surface area contributed by atoms with Gasteiger partial charge in [-0.15, -0.1) is 10.2 Å². The van der Waals surface area contributed by atoms with Crippen molar-refractivity contribution < 1.29 is 9.18 Å². The molecule has 0 unspecified atom stereocenters. The molecule has 0 atom stereocenters. The number of carbonyl (C=O) groups excluding carboxylic acids is 1. The van der Waals surface area contributed by atoms with Gasteiger partial charge in [-0.3, -0.25) is 4.79 Å². The van der Waals surface area contributed by atoms with Crippen LogP contribution in [0.5, 0.6) is 0 Å². The van der Waals surface area contributed by atoms with Gasteiger partial charge in [0.15, 0.2) is 0 Å². The third kappa shape index (κ3) is 3.64. The van der Waals surface area contributed by atoms with Crippen LogP contribution >= 0.6 is 11.8 Å². The zero-order valence-corrected chi connectivity index (χ0v) is 14.2. The summed E-state index contributed by atoms with van der Waals surface area (Å²) in [5.74, 6) is 0.0706. The minimum atomic E-state index is -0.283. The maximum atomic E-state index is 13.2. The maximum absolute atomic E-state index is 13.2. The number of amides is 1. The molecule has 1 aliphatic rings. The first-order chi connectivity index (χ1) is 12.2. The number of benzene rings is 2. The average molecular weight is 353 g/mol. The normalized spacial score (nSPS) is 13.8. The SMILES string of the molecule is O=C(CSc1nnc(-c2ccc(F)cc2)c2ccccc12)NC1CC1. The van der Waals surface area contributed by atoms with Crippen molar-refractivity contribution in [3.05, 3.63) is 54.3 Å². The molecule has 6 heteroatoms. The van der Waals surface area contributed by atoms with Crippen molar-refractivity contribution in [2.75, 3.05) is 5.75 Å². The molecule has 0 aliphatic heterocycles. The number of hydrogen-bond acceptors (Lipinski definition) is 4. The van der Waals surface area contributed by atoms with Gasteiger partial charge in [0.2, 0.25) is 5.91 Å². The summed E-state index contributed by atoms with van der Waals surface area (Å²) in [7, 11) is 0. The van der Waals surface area contributed by atoms with Gasteiger partial charge in [0.05, 0.1) is 5.75 Å². The largest absolute Gasteiger partial charge is 0.353 e. The van der Waals surface area contributed by atoms with Crippen molar-refractivity contribution in [2.45, 2.75) is 23.9 Å². The Kier molecular flexibility index (Phi) is 4.36. The van der Waals surface area contributed by atoms with E-state index in [0.717, 1.165) is 34.2 Å². The number of carbonyl (C=O) groups is 1. The molecule has 2 aromatic carbocycles. The molecule has 4 nitrogen and oxygen atoms in total. The Balaban J connectivity index is 1.64. The van der Waals surface area contributed by atoms with E-state index in [0.29, 0.717) is 17.5 Å². The third-order valence-electron chi connectivity index (χ3n) is 4.05. The number of halogens is 1. The van der Waals surface area contributed by atoms with Crippen LogP contribution in [0.1, 0.15) is 12.8 Å². The van der Waals surface area contributed by atoms with E-state index in [1.165, 1.54) is 23.9 Å². The highest BCUT2D eigenvalue weighted by Gasteiger charge is 2.23. The predicted octanol–water partition coefficient (Wildman–Crippen LogP) is 3.81. The van der Waals surface area contributed by atoms with Crippen LogP contribution in [-0.4, -0.2) is 27.9 Å². The van der Waals surface area contributed by atoms with Crippen molar-refractivity contribution in [3.8, 4) is 11.3 Å². The van der Waals surface area contributed by atoms with Crippen LogP contribution in [0.2, 0.25) is 0 Å². The number of aromatic nitrogens is 2. The minimum Gasteiger partial charge on any atom is -0.353 e. The van der Waals surface area contributed by atoms with Crippen LogP contribution in [-0.2, 0) is 4.79 Å². The molecule has 0 radical (unpaired) electrons. The molecule has 1 amide bonds. The quantitative estimate of drug-likeness (QED) is 0.709. The van der Waals surface area contributed by atoms with E-state index in [4.69, 9.17) is 0 Å². The number of rotatable bonds is 5. The first-order valence-electron chi connectivity index (χ1n) is 8.14. The van der Waals surface area contributed by atoms with E-state index in [1.54, 1.807) is 12.1 Å². The number of nitrogens with one attached hydrogen (secondary N) is 1. The molecule has 3 aromatic rings. The molecule has 126 valence electrons. The summed E-state index contributed by atoms with van der Waals surface area (Å²) in [5, 5.41) is 14.2. The molecule has 1 saturated carbocycles. The fourth-order valence-corrected chi connectivity index (χ4v) is 3.42. The Morgan fingerprint density at radius 3 is 2.52 bits per heavy atom. The second kappa shape index (κ2) is 6.80. The fraction of sp³-hybridized carbons (Fsp3) is 0.211. The van der Waals surface area contributed by atoms with Crippen LogP contribution in [0.4, 0.5) is 4.39 Å². The lowest BCUT2D eigenvalue weighted by molar-refractivity contribution is -0.118. The molecular weight excluding hydrogens is 337 g/mol. The van der Waals surface area contributed by atoms with Gasteiger partial charge in [0.1, 0.15) is 16.5 Å². The molecule has 1 N–H and O–H groups in total. The zero-order chi connectivity index (χ0) is 17.2. The molecule has 1 aliphatic carbocycles. The highest BCUT2D eigenvalue weighted by Crippen LogP contribution is 2.31. The molecule has 25 heavy (non-hydrogen) atoms. The number of nitrogens with zero attached hydrogens (tertiary/aromatic N) is 2. The second-order valence-corrected chi connectivity index (χ2v) is 7.00. The van der Waals surface area contributed by atoms with E-state index in [1.807, 2.05) is 24.3 Å². The van der Waals surface area contributed by atoms with Crippen LogP contribution in [0, 0.1) is 5.82 Å². The summed E-state index contributed by atoms with van der Waals surface area (Å²) < 4.78 is 13.2. The lowest BCUT2D eigenvalue weighted by Crippen LogP contribution is -2.27. The number of thioether (sulfide) groups is 1. The van der Waals surface area contributed by atoms with Gasteiger partial charge < -0.3 is 5.32 Å². The lowest BCUT2D eigenvalue weighted by Gasteiger charge is -2.09. The zero-order valence-electron chi connectivity index (χ0n) is 13.4. The molecule has 4 rings (SSSR count). The molecule has 0 saturated heterocycles. The first kappa shape index (κ1) is 16.0. The summed E-state index contributed by atoms with van der Waals surface area (Å²) in [6.07, 6.45) is 2.15. The summed E-state index contributed by atoms with van der Waals surface area (Å²) in [5.41, 5.74) is 1.52. The smallest absolute Gasteiger partial charge is 0.230 e. The standard InChI is InChI=1S/C19H16FN3OS/c20-13-7-5-12(6-8-13)18-15-3-1-2-4-16(15)19(23-22-18)25-11-17(24)21-14-9-10-14/h1-8,14H,9-11H2,(H,21,24). The van der Waals surface area contributed by atoms with Crippen molar-refractivity contribution in [1.82, 2.24) is 15.5 Å². The topological polar surface area (TPSA) is 54.9 Å². The predicted molar refractivity (Wildman–Crippen MR) is 96.8 cm³/mol. The van der Waals surface area contributed by atoms with E-state index >= 15 is 0 Å². The van der Waals surface area contributed by atoms with Crippen molar-refractivity contribution >= 4 is 28.4 Å². The Morgan fingerprint density at radius 2 is 1.80 bits per heavy atom. The van der Waals surface area contributed by atoms with Gasteiger partial charge in [0.25, 0.3) is 0 Å². The van der Waals surface area contributed by atoms with Gasteiger partial charge >= 0.3 is 0 Å². The summed E-state index contributed by atoms with van der Waals surface area (Å²) >= 11 is 1.39. The van der Waals surface area contributed by atoms with Gasteiger partial charge in [-0.25, -0.2) is 4.39 Å². The Bertz CT molecular complexity index is 926. The monoisotopic (exact) mass is 353 g/mol. The highest BCUT2D eigenvalue weighted by atomic mass is 32.2. The van der Waals surface area contributed by atoms with Crippen LogP contribution in [0.3, 0.4) is 0 Å². The molecule has 1 aromatic heterocycles. The van der Waals surface area contributed by atoms with Crippen molar-refractivity contribution in [3.63, 3.8) is 0 Å².